The highest BCUT2D eigenvalue weighted by Crippen LogP contribution is 2.29. The van der Waals surface area contributed by atoms with Crippen molar-refractivity contribution < 1.29 is 38.6 Å². The Morgan fingerprint density at radius 1 is 1.00 bits per heavy atom. The first-order valence-corrected chi connectivity index (χ1v) is 14.8. The van der Waals surface area contributed by atoms with E-state index >= 15 is 0 Å². The number of amides is 4. The molecule has 0 unspecified atom stereocenters. The Morgan fingerprint density at radius 3 is 2.12 bits per heavy atom. The van der Waals surface area contributed by atoms with Crippen molar-refractivity contribution in [3.05, 3.63) is 0 Å². The average molecular weight is 600 g/mol. The molecule has 0 aliphatic carbocycles. The summed E-state index contributed by atoms with van der Waals surface area (Å²) in [5, 5.41) is 17.0. The highest BCUT2D eigenvalue weighted by molar-refractivity contribution is 5.88. The molecule has 13 nitrogen and oxygen atoms in total. The number of nitrogens with one attached hydrogen (secondary N) is 3. The molecule has 4 N–H and O–H groups in total. The average Bonchev–Trinajstić information content (AvgIpc) is 3.43. The van der Waals surface area contributed by atoms with Crippen LogP contribution in [-0.4, -0.2) is 123 Å². The van der Waals surface area contributed by atoms with Crippen LogP contribution in [-0.2, 0) is 33.4 Å². The monoisotopic (exact) mass is 599 g/mol. The molecule has 0 aromatic carbocycles. The van der Waals surface area contributed by atoms with E-state index in [-0.39, 0.29) is 48.6 Å². The number of carboxylic acid groups (broad SMARTS) is 1. The number of hydrogen-bond acceptors (Lipinski definition) is 8. The number of likely N-dealkylation sites (N-methyl/N-ethyl adjacent to an activating group) is 2. The summed E-state index contributed by atoms with van der Waals surface area (Å²) in [5.74, 6) is -2.98. The highest BCUT2D eigenvalue weighted by atomic mass is 16.5. The van der Waals surface area contributed by atoms with Crippen molar-refractivity contribution in [1.29, 1.82) is 0 Å². The number of nitrogens with zero attached hydrogens (tertiary/aromatic N) is 2. The lowest BCUT2D eigenvalue weighted by Crippen LogP contribution is -2.55. The van der Waals surface area contributed by atoms with Crippen molar-refractivity contribution in [2.75, 3.05) is 47.9 Å². The van der Waals surface area contributed by atoms with Crippen LogP contribution in [0.1, 0.15) is 60.3 Å². The molecular weight excluding hydrogens is 546 g/mol. The molecular formula is C29H53N5O8. The fourth-order valence-electron chi connectivity index (χ4n) is 5.81. The largest absolute Gasteiger partial charge is 0.480 e. The van der Waals surface area contributed by atoms with Gasteiger partial charge < -0.3 is 40.3 Å². The van der Waals surface area contributed by atoms with Gasteiger partial charge in [0.05, 0.1) is 49.2 Å². The molecule has 1 fully saturated rings. The van der Waals surface area contributed by atoms with Gasteiger partial charge >= 0.3 is 5.97 Å². The number of carbonyl (C=O) groups excluding carboxylic acids is 4. The minimum atomic E-state index is -1.15. The van der Waals surface area contributed by atoms with Crippen LogP contribution in [0, 0.1) is 17.8 Å². The standard InChI is InChI=1S/C29H53N5O8/c1-10-18(4)26(33(7)23(36)15-31-29(40)25(30-6)17(2)3)21(41-8)14-22(35)34-13-11-12-20(34)27(42-9)19(5)28(39)32-16-24(37)38/h17-21,25-27,30H,10-16H2,1-9H3,(H,31,40)(H,32,39)(H,37,38)/t18-,19+,20-,21+,25-,26-,27+/m0/s1. The summed E-state index contributed by atoms with van der Waals surface area (Å²) >= 11 is 0. The van der Waals surface area contributed by atoms with Gasteiger partial charge in [0, 0.05) is 27.8 Å². The van der Waals surface area contributed by atoms with E-state index in [4.69, 9.17) is 14.6 Å². The van der Waals surface area contributed by atoms with Crippen LogP contribution >= 0.6 is 0 Å². The minimum Gasteiger partial charge on any atom is -0.480 e. The minimum absolute atomic E-state index is 0.00725. The number of carbonyl (C=O) groups is 5. The van der Waals surface area contributed by atoms with Gasteiger partial charge in [-0.05, 0) is 31.7 Å². The number of carboxylic acids is 1. The summed E-state index contributed by atoms with van der Waals surface area (Å²) in [6.07, 6.45) is 0.868. The van der Waals surface area contributed by atoms with Crippen LogP contribution in [0.15, 0.2) is 0 Å². The van der Waals surface area contributed by atoms with E-state index in [2.05, 4.69) is 16.0 Å². The molecule has 42 heavy (non-hydrogen) atoms. The van der Waals surface area contributed by atoms with Crippen molar-refractivity contribution in [3.63, 3.8) is 0 Å². The van der Waals surface area contributed by atoms with Crippen LogP contribution in [0.3, 0.4) is 0 Å². The summed E-state index contributed by atoms with van der Waals surface area (Å²) in [6.45, 7) is 9.31. The van der Waals surface area contributed by atoms with Crippen LogP contribution < -0.4 is 16.0 Å². The Bertz CT molecular complexity index is 916. The van der Waals surface area contributed by atoms with E-state index in [1.54, 1.807) is 30.8 Å². The topological polar surface area (TPSA) is 167 Å². The molecule has 0 radical (unpaired) electrons. The number of hydrogen-bond donors (Lipinski definition) is 4. The number of likely N-dealkylation sites (tertiary alicyclic amines) is 1. The fraction of sp³-hybridized carbons (Fsp3) is 0.828. The first-order chi connectivity index (χ1) is 19.7. The molecule has 7 atom stereocenters. The third-order valence-electron chi connectivity index (χ3n) is 8.39. The molecule has 0 bridgehead atoms. The predicted molar refractivity (Wildman–Crippen MR) is 157 cm³/mol. The van der Waals surface area contributed by atoms with Gasteiger partial charge in [0.1, 0.15) is 6.54 Å². The predicted octanol–water partition coefficient (Wildman–Crippen LogP) is 0.468. The SMILES string of the molecule is CC[C@H](C)[C@@H]([C@@H](CC(=O)N1CCC[C@H]1[C@H](OC)[C@@H](C)C(=O)NCC(=O)O)OC)N(C)C(=O)CNC(=O)[C@@H](NC)C(C)C. The number of rotatable bonds is 18. The lowest BCUT2D eigenvalue weighted by Gasteiger charge is -2.39. The van der Waals surface area contributed by atoms with E-state index < -0.39 is 48.6 Å². The van der Waals surface area contributed by atoms with E-state index in [0.717, 1.165) is 12.8 Å². The van der Waals surface area contributed by atoms with E-state index in [1.165, 1.54) is 14.2 Å². The quantitative estimate of drug-likeness (QED) is 0.175. The first kappa shape index (κ1) is 37.3. The lowest BCUT2D eigenvalue weighted by molar-refractivity contribution is -0.146. The molecule has 1 heterocycles. The molecule has 13 heteroatoms. The number of ether oxygens (including phenoxy) is 2. The number of aliphatic carboxylic acids is 1. The molecule has 1 saturated heterocycles. The molecule has 4 amide bonds. The van der Waals surface area contributed by atoms with Crippen LogP contribution in [0.4, 0.5) is 0 Å². The molecule has 1 aliphatic rings. The summed E-state index contributed by atoms with van der Waals surface area (Å²) in [5.41, 5.74) is 0. The maximum Gasteiger partial charge on any atom is 0.322 e. The lowest BCUT2D eigenvalue weighted by atomic mass is 9.90. The van der Waals surface area contributed by atoms with Crippen molar-refractivity contribution in [1.82, 2.24) is 25.8 Å². The Balaban J connectivity index is 3.05. The van der Waals surface area contributed by atoms with Gasteiger partial charge in [0.15, 0.2) is 0 Å². The zero-order valence-electron chi connectivity index (χ0n) is 26.8. The van der Waals surface area contributed by atoms with Gasteiger partial charge in [-0.15, -0.1) is 0 Å². The molecule has 0 aromatic heterocycles. The third kappa shape index (κ3) is 10.2. The number of methoxy groups -OCH3 is 2. The van der Waals surface area contributed by atoms with Gasteiger partial charge in [-0.1, -0.05) is 41.0 Å². The zero-order valence-corrected chi connectivity index (χ0v) is 26.8. The fourth-order valence-corrected chi connectivity index (χ4v) is 5.81. The van der Waals surface area contributed by atoms with Crippen LogP contribution in [0.5, 0.6) is 0 Å². The smallest absolute Gasteiger partial charge is 0.322 e. The van der Waals surface area contributed by atoms with Gasteiger partial charge in [-0.3, -0.25) is 24.0 Å². The second-order valence-corrected chi connectivity index (χ2v) is 11.5. The molecule has 0 saturated carbocycles. The van der Waals surface area contributed by atoms with Gasteiger partial charge in [0.2, 0.25) is 23.6 Å². The third-order valence-corrected chi connectivity index (χ3v) is 8.39. The summed E-state index contributed by atoms with van der Waals surface area (Å²) in [6, 6.07) is -1.23. The van der Waals surface area contributed by atoms with Crippen molar-refractivity contribution in [2.24, 2.45) is 17.8 Å². The van der Waals surface area contributed by atoms with E-state index in [0.29, 0.717) is 13.0 Å². The maximum absolute atomic E-state index is 13.7. The maximum atomic E-state index is 13.7. The van der Waals surface area contributed by atoms with Crippen LogP contribution in [0.2, 0.25) is 0 Å². The Hall–Kier alpha value is -2.77. The Morgan fingerprint density at radius 2 is 1.62 bits per heavy atom. The highest BCUT2D eigenvalue weighted by Gasteiger charge is 2.42. The molecule has 1 rings (SSSR count). The summed E-state index contributed by atoms with van der Waals surface area (Å²) in [7, 11) is 6.35. The zero-order chi connectivity index (χ0) is 32.1. The van der Waals surface area contributed by atoms with Crippen molar-refractivity contribution >= 4 is 29.6 Å². The molecule has 1 aliphatic heterocycles. The Labute approximate surface area is 250 Å². The second kappa shape index (κ2) is 18.0. The van der Waals surface area contributed by atoms with Crippen LogP contribution in [0.25, 0.3) is 0 Å². The molecule has 0 aromatic rings. The molecule has 0 spiro atoms. The second-order valence-electron chi connectivity index (χ2n) is 11.5. The summed E-state index contributed by atoms with van der Waals surface area (Å²) in [4.78, 5) is 66.2. The summed E-state index contributed by atoms with van der Waals surface area (Å²) < 4.78 is 11.5. The molecule has 242 valence electrons. The van der Waals surface area contributed by atoms with Crippen molar-refractivity contribution in [3.8, 4) is 0 Å². The van der Waals surface area contributed by atoms with Gasteiger partial charge in [0.25, 0.3) is 0 Å². The first-order valence-electron chi connectivity index (χ1n) is 14.8. The van der Waals surface area contributed by atoms with E-state index in [1.807, 2.05) is 27.7 Å². The van der Waals surface area contributed by atoms with Crippen molar-refractivity contribution in [2.45, 2.75) is 90.6 Å². The Kier molecular flexibility index (Phi) is 16.0. The van der Waals surface area contributed by atoms with E-state index in [9.17, 15) is 24.0 Å². The van der Waals surface area contributed by atoms with Gasteiger partial charge in [-0.2, -0.15) is 0 Å². The normalized spacial score (nSPS) is 19.4. The van der Waals surface area contributed by atoms with Gasteiger partial charge in [-0.25, -0.2) is 0 Å².